The van der Waals surface area contributed by atoms with E-state index in [1.807, 2.05) is 37.3 Å². The highest BCUT2D eigenvalue weighted by Gasteiger charge is 2.15. The number of benzene rings is 2. The average Bonchev–Trinajstić information content (AvgIpc) is 3.01. The van der Waals surface area contributed by atoms with Gasteiger partial charge in [-0.2, -0.15) is 5.10 Å². The summed E-state index contributed by atoms with van der Waals surface area (Å²) in [5.74, 6) is -0.0566. The van der Waals surface area contributed by atoms with Crippen LogP contribution >= 0.6 is 11.3 Å². The minimum absolute atomic E-state index is 0.231. The number of phenols is 1. The first-order valence-electron chi connectivity index (χ1n) is 7.70. The maximum atomic E-state index is 12.3. The molecule has 0 aliphatic carbocycles. The molecule has 3 aromatic rings. The van der Waals surface area contributed by atoms with Crippen LogP contribution in [0.25, 0.3) is 10.6 Å². The van der Waals surface area contributed by atoms with E-state index in [9.17, 15) is 9.90 Å². The van der Waals surface area contributed by atoms with Crippen molar-refractivity contribution >= 4 is 23.5 Å². The molecule has 0 aliphatic rings. The molecule has 3 rings (SSSR count). The summed E-state index contributed by atoms with van der Waals surface area (Å²) in [4.78, 5) is 17.3. The average molecular weight is 351 g/mol. The normalized spacial score (nSPS) is 11.0. The van der Waals surface area contributed by atoms with Crippen LogP contribution in [0.15, 0.2) is 53.6 Å². The number of amides is 1. The number of aromatic nitrogens is 1. The molecule has 0 saturated heterocycles. The Balaban J connectivity index is 1.72. The smallest absolute Gasteiger partial charge is 0.283 e. The molecule has 0 spiro atoms. The van der Waals surface area contributed by atoms with E-state index in [0.717, 1.165) is 21.7 Å². The standard InChI is InChI=1S/C19H17N3O2S/c1-12-10-14(8-9-16(12)23)11-20-22-18(24)17-13(2)21-19(25-17)15-6-4-3-5-7-15/h3-11,23H,1-2H3,(H,22,24)/b20-11+. The molecule has 0 saturated carbocycles. The molecule has 2 N–H and O–H groups in total. The second kappa shape index (κ2) is 7.27. The van der Waals surface area contributed by atoms with Gasteiger partial charge in [0.05, 0.1) is 11.9 Å². The van der Waals surface area contributed by atoms with Gasteiger partial charge in [0.15, 0.2) is 0 Å². The van der Waals surface area contributed by atoms with Crippen LogP contribution in [0.3, 0.4) is 0 Å². The van der Waals surface area contributed by atoms with Gasteiger partial charge in [0, 0.05) is 5.56 Å². The maximum Gasteiger partial charge on any atom is 0.283 e. The quantitative estimate of drug-likeness (QED) is 0.553. The molecule has 0 unspecified atom stereocenters. The topological polar surface area (TPSA) is 74.6 Å². The van der Waals surface area contributed by atoms with E-state index in [4.69, 9.17) is 0 Å². The van der Waals surface area contributed by atoms with E-state index < -0.39 is 0 Å². The van der Waals surface area contributed by atoms with Gasteiger partial charge in [-0.1, -0.05) is 30.3 Å². The van der Waals surface area contributed by atoms with Crippen molar-refractivity contribution in [2.24, 2.45) is 5.10 Å². The predicted octanol–water partition coefficient (Wildman–Crippen LogP) is 3.90. The second-order valence-electron chi connectivity index (χ2n) is 5.54. The van der Waals surface area contributed by atoms with Crippen molar-refractivity contribution in [3.8, 4) is 16.3 Å². The Kier molecular flexibility index (Phi) is 4.90. The van der Waals surface area contributed by atoms with Crippen LogP contribution in [-0.2, 0) is 0 Å². The third-order valence-corrected chi connectivity index (χ3v) is 4.83. The highest BCUT2D eigenvalue weighted by atomic mass is 32.1. The number of hydrogen-bond donors (Lipinski definition) is 2. The molecule has 0 fully saturated rings. The summed E-state index contributed by atoms with van der Waals surface area (Å²) < 4.78 is 0. The van der Waals surface area contributed by atoms with E-state index in [1.54, 1.807) is 31.3 Å². The molecule has 6 heteroatoms. The Hall–Kier alpha value is -2.99. The molecule has 5 nitrogen and oxygen atoms in total. The van der Waals surface area contributed by atoms with E-state index in [1.165, 1.54) is 11.3 Å². The summed E-state index contributed by atoms with van der Waals surface area (Å²) in [6, 6.07) is 14.9. The molecule has 0 atom stereocenters. The van der Waals surface area contributed by atoms with Crippen LogP contribution in [0.2, 0.25) is 0 Å². The summed E-state index contributed by atoms with van der Waals surface area (Å²) >= 11 is 1.34. The van der Waals surface area contributed by atoms with Crippen molar-refractivity contribution in [2.45, 2.75) is 13.8 Å². The Labute approximate surface area is 149 Å². The number of carbonyl (C=O) groups is 1. The second-order valence-corrected chi connectivity index (χ2v) is 6.54. The van der Waals surface area contributed by atoms with Gasteiger partial charge in [-0.15, -0.1) is 11.3 Å². The summed E-state index contributed by atoms with van der Waals surface area (Å²) in [6.45, 7) is 3.61. The fraction of sp³-hybridized carbons (Fsp3) is 0.105. The highest BCUT2D eigenvalue weighted by Crippen LogP contribution is 2.27. The van der Waals surface area contributed by atoms with Gasteiger partial charge in [0.1, 0.15) is 15.6 Å². The lowest BCUT2D eigenvalue weighted by atomic mass is 10.1. The van der Waals surface area contributed by atoms with Crippen molar-refractivity contribution < 1.29 is 9.90 Å². The van der Waals surface area contributed by atoms with Gasteiger partial charge >= 0.3 is 0 Å². The monoisotopic (exact) mass is 351 g/mol. The fourth-order valence-corrected chi connectivity index (χ4v) is 3.25. The lowest BCUT2D eigenvalue weighted by Gasteiger charge is -2.00. The molecule has 1 heterocycles. The lowest BCUT2D eigenvalue weighted by molar-refractivity contribution is 0.0958. The number of aromatic hydroxyl groups is 1. The number of nitrogens with one attached hydrogen (secondary N) is 1. The molecule has 0 radical (unpaired) electrons. The summed E-state index contributed by atoms with van der Waals surface area (Å²) in [7, 11) is 0. The largest absolute Gasteiger partial charge is 0.508 e. The van der Waals surface area contributed by atoms with Crippen LogP contribution < -0.4 is 5.43 Å². The molecule has 2 aromatic carbocycles. The minimum Gasteiger partial charge on any atom is -0.508 e. The van der Waals surface area contributed by atoms with Gasteiger partial charge in [-0.3, -0.25) is 4.79 Å². The van der Waals surface area contributed by atoms with Crippen molar-refractivity contribution in [2.75, 3.05) is 0 Å². The number of aryl methyl sites for hydroxylation is 2. The third-order valence-electron chi connectivity index (χ3n) is 3.62. The van der Waals surface area contributed by atoms with E-state index in [-0.39, 0.29) is 11.7 Å². The molecule has 1 amide bonds. The third kappa shape index (κ3) is 3.92. The van der Waals surface area contributed by atoms with E-state index in [2.05, 4.69) is 15.5 Å². The molecular formula is C19H17N3O2S. The molecule has 0 aliphatic heterocycles. The van der Waals surface area contributed by atoms with Crippen molar-refractivity contribution in [1.82, 2.24) is 10.4 Å². The Morgan fingerprint density at radius 1 is 1.20 bits per heavy atom. The van der Waals surface area contributed by atoms with Gasteiger partial charge in [0.2, 0.25) is 0 Å². The Morgan fingerprint density at radius 3 is 2.68 bits per heavy atom. The van der Waals surface area contributed by atoms with Crippen LogP contribution in [-0.4, -0.2) is 22.2 Å². The van der Waals surface area contributed by atoms with E-state index >= 15 is 0 Å². The molecule has 0 bridgehead atoms. The number of hydrazone groups is 1. The zero-order chi connectivity index (χ0) is 17.8. The number of phenolic OH excluding ortho intramolecular Hbond substituents is 1. The zero-order valence-corrected chi connectivity index (χ0v) is 14.7. The van der Waals surface area contributed by atoms with Crippen LogP contribution in [0.5, 0.6) is 5.75 Å². The Bertz CT molecular complexity index is 933. The van der Waals surface area contributed by atoms with Crippen molar-refractivity contribution in [3.63, 3.8) is 0 Å². The number of rotatable bonds is 4. The van der Waals surface area contributed by atoms with Gasteiger partial charge in [-0.05, 0) is 43.2 Å². The minimum atomic E-state index is -0.288. The van der Waals surface area contributed by atoms with E-state index in [0.29, 0.717) is 10.6 Å². The van der Waals surface area contributed by atoms with Gasteiger partial charge < -0.3 is 5.11 Å². The van der Waals surface area contributed by atoms with Crippen molar-refractivity contribution in [1.29, 1.82) is 0 Å². The first kappa shape index (κ1) is 16.9. The summed E-state index contributed by atoms with van der Waals surface area (Å²) in [6.07, 6.45) is 1.54. The lowest BCUT2D eigenvalue weighted by Crippen LogP contribution is -2.17. The summed E-state index contributed by atoms with van der Waals surface area (Å²) in [5.41, 5.74) is 5.73. The zero-order valence-electron chi connectivity index (χ0n) is 13.9. The van der Waals surface area contributed by atoms with Crippen molar-refractivity contribution in [3.05, 3.63) is 70.2 Å². The van der Waals surface area contributed by atoms with Crippen LogP contribution in [0.1, 0.15) is 26.5 Å². The first-order chi connectivity index (χ1) is 12.0. The fourth-order valence-electron chi connectivity index (χ4n) is 2.29. The number of carbonyl (C=O) groups excluding carboxylic acids is 1. The number of hydrogen-bond acceptors (Lipinski definition) is 5. The van der Waals surface area contributed by atoms with Gasteiger partial charge in [0.25, 0.3) is 5.91 Å². The number of thiazole rings is 1. The molecule has 25 heavy (non-hydrogen) atoms. The van der Waals surface area contributed by atoms with Crippen LogP contribution in [0.4, 0.5) is 0 Å². The molecule has 126 valence electrons. The Morgan fingerprint density at radius 2 is 1.96 bits per heavy atom. The maximum absolute atomic E-state index is 12.3. The first-order valence-corrected chi connectivity index (χ1v) is 8.52. The molecular weight excluding hydrogens is 334 g/mol. The highest BCUT2D eigenvalue weighted by molar-refractivity contribution is 7.17. The summed E-state index contributed by atoms with van der Waals surface area (Å²) in [5, 5.41) is 14.3. The van der Waals surface area contributed by atoms with Crippen LogP contribution in [0, 0.1) is 13.8 Å². The molecule has 1 aromatic heterocycles. The predicted molar refractivity (Wildman–Crippen MR) is 100 cm³/mol. The SMILES string of the molecule is Cc1cc(/C=N/NC(=O)c2sc(-c3ccccc3)nc2C)ccc1O. The van der Waals surface area contributed by atoms with Gasteiger partial charge in [-0.25, -0.2) is 10.4 Å². The number of nitrogens with zero attached hydrogens (tertiary/aromatic N) is 2.